The predicted octanol–water partition coefficient (Wildman–Crippen LogP) is 2.87. The van der Waals surface area contributed by atoms with Gasteiger partial charge in [0.25, 0.3) is 0 Å². The lowest BCUT2D eigenvalue weighted by Gasteiger charge is -2.46. The summed E-state index contributed by atoms with van der Waals surface area (Å²) in [5, 5.41) is 2.15. The number of aromatic nitrogens is 1. The summed E-state index contributed by atoms with van der Waals surface area (Å²) >= 11 is 1.68. The summed E-state index contributed by atoms with van der Waals surface area (Å²) in [6, 6.07) is 0. The summed E-state index contributed by atoms with van der Waals surface area (Å²) in [7, 11) is 2.24. The molecule has 2 aliphatic rings. The largest absolute Gasteiger partial charge is 0.329 e. The van der Waals surface area contributed by atoms with Gasteiger partial charge >= 0.3 is 0 Å². The van der Waals surface area contributed by atoms with Crippen molar-refractivity contribution in [2.45, 2.75) is 50.6 Å². The number of rotatable bonds is 5. The van der Waals surface area contributed by atoms with Crippen LogP contribution in [0, 0.1) is 11.8 Å². The van der Waals surface area contributed by atoms with E-state index in [9.17, 15) is 0 Å². The van der Waals surface area contributed by atoms with Gasteiger partial charge in [-0.1, -0.05) is 12.8 Å². The second-order valence-electron chi connectivity index (χ2n) is 6.46. The van der Waals surface area contributed by atoms with Crippen LogP contribution in [-0.4, -0.2) is 29.0 Å². The van der Waals surface area contributed by atoms with E-state index in [1.165, 1.54) is 44.2 Å². The molecule has 3 rings (SSSR count). The van der Waals surface area contributed by atoms with Gasteiger partial charge in [-0.2, -0.15) is 0 Å². The van der Waals surface area contributed by atoms with Crippen LogP contribution in [0.4, 0.5) is 0 Å². The SMILES string of the molecule is CN(Cc1cscn1)C1(CN)CCCC(C2CC2)C1. The first-order chi connectivity index (χ1) is 9.23. The topological polar surface area (TPSA) is 42.2 Å². The molecule has 0 amide bonds. The average molecular weight is 279 g/mol. The van der Waals surface area contributed by atoms with Crippen LogP contribution in [-0.2, 0) is 6.54 Å². The molecule has 3 nitrogen and oxygen atoms in total. The van der Waals surface area contributed by atoms with Gasteiger partial charge in [-0.15, -0.1) is 11.3 Å². The van der Waals surface area contributed by atoms with Gasteiger partial charge in [0.2, 0.25) is 0 Å². The van der Waals surface area contributed by atoms with Gasteiger partial charge in [0.1, 0.15) is 0 Å². The molecule has 0 spiro atoms. The first kappa shape index (κ1) is 13.5. The number of nitrogens with zero attached hydrogens (tertiary/aromatic N) is 2. The Morgan fingerprint density at radius 3 is 2.89 bits per heavy atom. The second-order valence-corrected chi connectivity index (χ2v) is 7.18. The fourth-order valence-corrected chi connectivity index (χ4v) is 4.32. The first-order valence-electron chi connectivity index (χ1n) is 7.52. The van der Waals surface area contributed by atoms with E-state index >= 15 is 0 Å². The van der Waals surface area contributed by atoms with Gasteiger partial charge in [-0.25, -0.2) is 4.98 Å². The smallest absolute Gasteiger partial charge is 0.0795 e. The van der Waals surface area contributed by atoms with Crippen LogP contribution in [0.3, 0.4) is 0 Å². The molecule has 2 saturated carbocycles. The van der Waals surface area contributed by atoms with Crippen molar-refractivity contribution in [2.75, 3.05) is 13.6 Å². The van der Waals surface area contributed by atoms with Gasteiger partial charge in [-0.3, -0.25) is 4.90 Å². The molecule has 2 atom stereocenters. The number of hydrogen-bond acceptors (Lipinski definition) is 4. The van der Waals surface area contributed by atoms with Crippen LogP contribution in [0.1, 0.15) is 44.2 Å². The molecule has 0 radical (unpaired) electrons. The fourth-order valence-electron chi connectivity index (χ4n) is 3.77. The standard InChI is InChI=1S/C15H25N3S/c1-18(8-14-9-19-11-17-14)15(10-16)6-2-3-13(7-15)12-4-5-12/h9,11-13H,2-8,10,16H2,1H3. The van der Waals surface area contributed by atoms with E-state index in [1.54, 1.807) is 11.3 Å². The van der Waals surface area contributed by atoms with Crippen molar-refractivity contribution in [3.05, 3.63) is 16.6 Å². The zero-order valence-corrected chi connectivity index (χ0v) is 12.7. The Kier molecular flexibility index (Phi) is 3.92. The molecule has 19 heavy (non-hydrogen) atoms. The maximum Gasteiger partial charge on any atom is 0.0795 e. The minimum absolute atomic E-state index is 0.217. The predicted molar refractivity (Wildman–Crippen MR) is 80.0 cm³/mol. The molecule has 0 bridgehead atoms. The van der Waals surface area contributed by atoms with E-state index in [4.69, 9.17) is 5.73 Å². The number of hydrogen-bond donors (Lipinski definition) is 1. The van der Waals surface area contributed by atoms with Crippen molar-refractivity contribution in [1.82, 2.24) is 9.88 Å². The Balaban J connectivity index is 1.69. The monoisotopic (exact) mass is 279 g/mol. The zero-order chi connectivity index (χ0) is 13.3. The van der Waals surface area contributed by atoms with Crippen LogP contribution >= 0.6 is 11.3 Å². The van der Waals surface area contributed by atoms with E-state index in [2.05, 4.69) is 22.3 Å². The number of likely N-dealkylation sites (N-methyl/N-ethyl adjacent to an activating group) is 1. The molecule has 1 aromatic heterocycles. The minimum atomic E-state index is 0.217. The summed E-state index contributed by atoms with van der Waals surface area (Å²) in [5.74, 6) is 1.94. The minimum Gasteiger partial charge on any atom is -0.329 e. The maximum atomic E-state index is 6.19. The number of nitrogens with two attached hydrogens (primary N) is 1. The van der Waals surface area contributed by atoms with Crippen molar-refractivity contribution in [2.24, 2.45) is 17.6 Å². The van der Waals surface area contributed by atoms with Crippen molar-refractivity contribution in [1.29, 1.82) is 0 Å². The van der Waals surface area contributed by atoms with Crippen molar-refractivity contribution >= 4 is 11.3 Å². The summed E-state index contributed by atoms with van der Waals surface area (Å²) in [6.07, 6.45) is 8.25. The molecular formula is C15H25N3S. The molecule has 0 saturated heterocycles. The van der Waals surface area contributed by atoms with Gasteiger partial charge in [-0.05, 0) is 44.6 Å². The van der Waals surface area contributed by atoms with Gasteiger partial charge in [0.15, 0.2) is 0 Å². The maximum absolute atomic E-state index is 6.19. The summed E-state index contributed by atoms with van der Waals surface area (Å²) in [6.45, 7) is 1.73. The number of thiazole rings is 1. The third-order valence-corrected chi connectivity index (χ3v) is 5.86. The van der Waals surface area contributed by atoms with E-state index in [0.717, 1.165) is 24.9 Å². The van der Waals surface area contributed by atoms with E-state index in [0.29, 0.717) is 0 Å². The Labute approximate surface area is 120 Å². The Morgan fingerprint density at radius 2 is 2.26 bits per heavy atom. The van der Waals surface area contributed by atoms with Crippen LogP contribution in [0.2, 0.25) is 0 Å². The highest BCUT2D eigenvalue weighted by molar-refractivity contribution is 7.07. The second kappa shape index (κ2) is 5.51. The molecule has 2 N–H and O–H groups in total. The third kappa shape index (κ3) is 2.86. The van der Waals surface area contributed by atoms with Crippen LogP contribution in [0.15, 0.2) is 10.9 Å². The van der Waals surface area contributed by atoms with E-state index < -0.39 is 0 Å². The van der Waals surface area contributed by atoms with Gasteiger partial charge in [0.05, 0.1) is 11.2 Å². The molecule has 1 heterocycles. The lowest BCUT2D eigenvalue weighted by atomic mass is 9.73. The lowest BCUT2D eigenvalue weighted by molar-refractivity contribution is 0.0451. The molecule has 1 aromatic rings. The summed E-state index contributed by atoms with van der Waals surface area (Å²) < 4.78 is 0. The van der Waals surface area contributed by atoms with E-state index in [-0.39, 0.29) is 5.54 Å². The Morgan fingerprint density at radius 1 is 1.42 bits per heavy atom. The highest BCUT2D eigenvalue weighted by Crippen LogP contribution is 2.47. The van der Waals surface area contributed by atoms with Crippen molar-refractivity contribution < 1.29 is 0 Å². The third-order valence-electron chi connectivity index (χ3n) is 5.22. The zero-order valence-electron chi connectivity index (χ0n) is 11.8. The molecular weight excluding hydrogens is 254 g/mol. The molecule has 0 aliphatic heterocycles. The van der Waals surface area contributed by atoms with Crippen molar-refractivity contribution in [3.8, 4) is 0 Å². The van der Waals surface area contributed by atoms with Crippen LogP contribution in [0.5, 0.6) is 0 Å². The van der Waals surface area contributed by atoms with Crippen LogP contribution in [0.25, 0.3) is 0 Å². The molecule has 2 unspecified atom stereocenters. The first-order valence-corrected chi connectivity index (χ1v) is 8.46. The molecule has 2 aliphatic carbocycles. The van der Waals surface area contributed by atoms with Crippen molar-refractivity contribution in [3.63, 3.8) is 0 Å². The Hall–Kier alpha value is -0.450. The van der Waals surface area contributed by atoms with Gasteiger partial charge in [0, 0.05) is 24.0 Å². The normalized spacial score (nSPS) is 31.8. The Bertz CT molecular complexity index is 402. The average Bonchev–Trinajstić information content (AvgIpc) is 3.18. The van der Waals surface area contributed by atoms with E-state index in [1.807, 2.05) is 5.51 Å². The van der Waals surface area contributed by atoms with Gasteiger partial charge < -0.3 is 5.73 Å². The highest BCUT2D eigenvalue weighted by Gasteiger charge is 2.43. The lowest BCUT2D eigenvalue weighted by Crippen LogP contribution is -2.54. The van der Waals surface area contributed by atoms with Crippen LogP contribution < -0.4 is 5.73 Å². The molecule has 0 aromatic carbocycles. The summed E-state index contributed by atoms with van der Waals surface area (Å²) in [4.78, 5) is 6.90. The molecule has 4 heteroatoms. The molecule has 106 valence electrons. The molecule has 2 fully saturated rings. The highest BCUT2D eigenvalue weighted by atomic mass is 32.1. The summed E-state index contributed by atoms with van der Waals surface area (Å²) in [5.41, 5.74) is 9.52. The fraction of sp³-hybridized carbons (Fsp3) is 0.800. The quantitative estimate of drug-likeness (QED) is 0.901.